The first-order valence-electron chi connectivity index (χ1n) is 9.00. The molecule has 1 unspecified atom stereocenters. The van der Waals surface area contributed by atoms with Crippen molar-refractivity contribution in [3.8, 4) is 11.8 Å². The standard InChI is InChI=1S/C22H25N3O3/c1-14-10-15(2)21(16(3)11-14)24-20(26)13-25(5)22(27)17(4)28-19-8-6-18(12-23)7-9-19/h6-11,17H,13H2,1-5H3,(H,24,26). The van der Waals surface area contributed by atoms with Crippen molar-refractivity contribution >= 4 is 17.5 Å². The van der Waals surface area contributed by atoms with Crippen molar-refractivity contribution < 1.29 is 14.3 Å². The molecule has 0 saturated carbocycles. The molecule has 0 fully saturated rings. The van der Waals surface area contributed by atoms with Gasteiger partial charge in [-0.2, -0.15) is 5.26 Å². The van der Waals surface area contributed by atoms with Crippen LogP contribution in [0.5, 0.6) is 5.75 Å². The van der Waals surface area contributed by atoms with Crippen LogP contribution in [0.4, 0.5) is 5.69 Å². The van der Waals surface area contributed by atoms with Gasteiger partial charge in [0.1, 0.15) is 5.75 Å². The number of carbonyl (C=O) groups is 2. The van der Waals surface area contributed by atoms with E-state index < -0.39 is 6.10 Å². The van der Waals surface area contributed by atoms with Crippen LogP contribution >= 0.6 is 0 Å². The van der Waals surface area contributed by atoms with Crippen molar-refractivity contribution in [2.75, 3.05) is 18.9 Å². The largest absolute Gasteiger partial charge is 0.481 e. The van der Waals surface area contributed by atoms with Crippen LogP contribution in [0.3, 0.4) is 0 Å². The highest BCUT2D eigenvalue weighted by molar-refractivity contribution is 5.96. The van der Waals surface area contributed by atoms with E-state index in [0.29, 0.717) is 11.3 Å². The zero-order chi connectivity index (χ0) is 20.8. The molecule has 2 aromatic rings. The molecule has 0 spiro atoms. The molecule has 0 bridgehead atoms. The average molecular weight is 379 g/mol. The second-order valence-electron chi connectivity index (χ2n) is 6.91. The van der Waals surface area contributed by atoms with E-state index >= 15 is 0 Å². The van der Waals surface area contributed by atoms with Crippen molar-refractivity contribution in [2.45, 2.75) is 33.8 Å². The zero-order valence-electron chi connectivity index (χ0n) is 16.9. The number of hydrogen-bond acceptors (Lipinski definition) is 4. The Bertz CT molecular complexity index is 891. The predicted molar refractivity (Wildman–Crippen MR) is 108 cm³/mol. The molecule has 0 radical (unpaired) electrons. The van der Waals surface area contributed by atoms with Crippen molar-refractivity contribution in [3.63, 3.8) is 0 Å². The van der Waals surface area contributed by atoms with Crippen LogP contribution in [-0.2, 0) is 9.59 Å². The maximum Gasteiger partial charge on any atom is 0.263 e. The number of nitrogens with zero attached hydrogens (tertiary/aromatic N) is 2. The summed E-state index contributed by atoms with van der Waals surface area (Å²) in [6.07, 6.45) is -0.756. The number of anilines is 1. The summed E-state index contributed by atoms with van der Waals surface area (Å²) in [4.78, 5) is 26.2. The topological polar surface area (TPSA) is 82.4 Å². The summed E-state index contributed by atoms with van der Waals surface area (Å²) in [6, 6.07) is 12.6. The molecule has 6 nitrogen and oxygen atoms in total. The van der Waals surface area contributed by atoms with E-state index in [1.54, 1.807) is 38.2 Å². The molecule has 0 aliphatic carbocycles. The molecule has 2 aromatic carbocycles. The number of rotatable bonds is 6. The van der Waals surface area contributed by atoms with Gasteiger partial charge < -0.3 is 15.0 Å². The molecule has 2 amide bonds. The Morgan fingerprint density at radius 3 is 2.25 bits per heavy atom. The van der Waals surface area contributed by atoms with Gasteiger partial charge in [0.15, 0.2) is 6.10 Å². The van der Waals surface area contributed by atoms with Gasteiger partial charge in [0.2, 0.25) is 5.91 Å². The Kier molecular flexibility index (Phi) is 6.78. The molecule has 2 rings (SSSR count). The van der Waals surface area contributed by atoms with E-state index in [9.17, 15) is 9.59 Å². The minimum atomic E-state index is -0.756. The fourth-order valence-corrected chi connectivity index (χ4v) is 3.02. The summed E-state index contributed by atoms with van der Waals surface area (Å²) in [5.74, 6) is -0.0862. The second-order valence-corrected chi connectivity index (χ2v) is 6.91. The van der Waals surface area contributed by atoms with E-state index in [-0.39, 0.29) is 18.4 Å². The first-order chi connectivity index (χ1) is 13.2. The predicted octanol–water partition coefficient (Wildman–Crippen LogP) is 3.35. The first-order valence-corrected chi connectivity index (χ1v) is 9.00. The van der Waals surface area contributed by atoms with Gasteiger partial charge in [0.05, 0.1) is 18.2 Å². The normalized spacial score (nSPS) is 11.3. The van der Waals surface area contributed by atoms with E-state index in [0.717, 1.165) is 22.4 Å². The third-order valence-corrected chi connectivity index (χ3v) is 4.34. The Balaban J connectivity index is 1.95. The number of carbonyl (C=O) groups excluding carboxylic acids is 2. The van der Waals surface area contributed by atoms with Crippen molar-refractivity contribution in [1.29, 1.82) is 5.26 Å². The molecule has 0 saturated heterocycles. The number of hydrogen-bond donors (Lipinski definition) is 1. The van der Waals surface area contributed by atoms with Gasteiger partial charge in [0.25, 0.3) is 5.91 Å². The number of nitriles is 1. The minimum absolute atomic E-state index is 0.0767. The number of ether oxygens (including phenoxy) is 1. The smallest absolute Gasteiger partial charge is 0.263 e. The van der Waals surface area contributed by atoms with Gasteiger partial charge in [-0.3, -0.25) is 9.59 Å². The third-order valence-electron chi connectivity index (χ3n) is 4.34. The monoisotopic (exact) mass is 379 g/mol. The average Bonchev–Trinajstić information content (AvgIpc) is 2.64. The lowest BCUT2D eigenvalue weighted by atomic mass is 10.1. The zero-order valence-corrected chi connectivity index (χ0v) is 16.9. The lowest BCUT2D eigenvalue weighted by Gasteiger charge is -2.22. The van der Waals surface area contributed by atoms with Crippen LogP contribution in [0.15, 0.2) is 36.4 Å². The summed E-state index contributed by atoms with van der Waals surface area (Å²) in [7, 11) is 1.56. The molecule has 1 N–H and O–H groups in total. The molecule has 0 heterocycles. The quantitative estimate of drug-likeness (QED) is 0.834. The molecular formula is C22H25N3O3. The van der Waals surface area contributed by atoms with Gasteiger partial charge >= 0.3 is 0 Å². The summed E-state index contributed by atoms with van der Waals surface area (Å²) in [6.45, 7) is 7.44. The van der Waals surface area contributed by atoms with E-state index in [2.05, 4.69) is 5.32 Å². The van der Waals surface area contributed by atoms with Gasteiger partial charge in [-0.15, -0.1) is 0 Å². The van der Waals surface area contributed by atoms with Gasteiger partial charge in [0, 0.05) is 12.7 Å². The molecule has 0 aliphatic heterocycles. The molecular weight excluding hydrogens is 354 g/mol. The lowest BCUT2D eigenvalue weighted by molar-refractivity contribution is -0.139. The number of benzene rings is 2. The van der Waals surface area contributed by atoms with Crippen LogP contribution in [0.25, 0.3) is 0 Å². The highest BCUT2D eigenvalue weighted by atomic mass is 16.5. The Hall–Kier alpha value is -3.33. The fourth-order valence-electron chi connectivity index (χ4n) is 3.02. The van der Waals surface area contributed by atoms with E-state index in [1.165, 1.54) is 4.90 Å². The molecule has 0 aromatic heterocycles. The van der Waals surface area contributed by atoms with Crippen LogP contribution in [-0.4, -0.2) is 36.4 Å². The first kappa shape index (κ1) is 21.0. The van der Waals surface area contributed by atoms with Gasteiger partial charge in [-0.05, 0) is 63.1 Å². The minimum Gasteiger partial charge on any atom is -0.481 e. The Morgan fingerprint density at radius 1 is 1.14 bits per heavy atom. The van der Waals surface area contributed by atoms with Gasteiger partial charge in [-0.25, -0.2) is 0 Å². The maximum atomic E-state index is 12.5. The van der Waals surface area contributed by atoms with Crippen molar-refractivity contribution in [1.82, 2.24) is 4.90 Å². The molecule has 28 heavy (non-hydrogen) atoms. The SMILES string of the molecule is Cc1cc(C)c(NC(=O)CN(C)C(=O)C(C)Oc2ccc(C#N)cc2)c(C)c1. The highest BCUT2D eigenvalue weighted by Crippen LogP contribution is 2.22. The van der Waals surface area contributed by atoms with Crippen LogP contribution in [0.1, 0.15) is 29.2 Å². The van der Waals surface area contributed by atoms with Crippen molar-refractivity contribution in [2.24, 2.45) is 0 Å². The molecule has 6 heteroatoms. The van der Waals surface area contributed by atoms with E-state index in [4.69, 9.17) is 10.00 Å². The maximum absolute atomic E-state index is 12.5. The summed E-state index contributed by atoms with van der Waals surface area (Å²) >= 11 is 0. The molecule has 1 atom stereocenters. The Labute approximate surface area is 165 Å². The summed E-state index contributed by atoms with van der Waals surface area (Å²) in [5, 5.41) is 11.7. The summed E-state index contributed by atoms with van der Waals surface area (Å²) < 4.78 is 5.62. The number of amides is 2. The second kappa shape index (κ2) is 9.05. The van der Waals surface area contributed by atoms with Crippen LogP contribution < -0.4 is 10.1 Å². The lowest BCUT2D eigenvalue weighted by Crippen LogP contribution is -2.42. The highest BCUT2D eigenvalue weighted by Gasteiger charge is 2.21. The number of nitrogens with one attached hydrogen (secondary N) is 1. The van der Waals surface area contributed by atoms with Crippen molar-refractivity contribution in [3.05, 3.63) is 58.7 Å². The third kappa shape index (κ3) is 5.34. The number of likely N-dealkylation sites (N-methyl/N-ethyl adjacent to an activating group) is 1. The molecule has 146 valence electrons. The van der Waals surface area contributed by atoms with Crippen LogP contribution in [0, 0.1) is 32.1 Å². The fraction of sp³-hybridized carbons (Fsp3) is 0.318. The summed E-state index contributed by atoms with van der Waals surface area (Å²) in [5.41, 5.74) is 4.39. The van der Waals surface area contributed by atoms with Crippen LogP contribution in [0.2, 0.25) is 0 Å². The molecule has 0 aliphatic rings. The number of aryl methyl sites for hydroxylation is 3. The van der Waals surface area contributed by atoms with Gasteiger partial charge in [-0.1, -0.05) is 17.7 Å². The van der Waals surface area contributed by atoms with E-state index in [1.807, 2.05) is 39.0 Å². The Morgan fingerprint density at radius 2 is 1.71 bits per heavy atom.